The number of hydrogen-bond donors (Lipinski definition) is 2. The zero-order chi connectivity index (χ0) is 25.4. The van der Waals surface area contributed by atoms with E-state index in [0.29, 0.717) is 18.6 Å². The number of pyridine rings is 1. The molecule has 0 radical (unpaired) electrons. The van der Waals surface area contributed by atoms with Gasteiger partial charge in [0.2, 0.25) is 0 Å². The Morgan fingerprint density at radius 1 is 1.29 bits per heavy atom. The molecular weight excluding hydrogens is 519 g/mol. The summed E-state index contributed by atoms with van der Waals surface area (Å²) in [5.74, 6) is -0.356. The molecule has 2 N–H and O–H groups in total. The number of cyclic esters (lactones) is 1. The minimum absolute atomic E-state index is 0. The molecule has 204 valence electrons. The molecule has 1 fully saturated rings. The number of benzene rings is 1. The number of fused-ring (bicyclic) bond motifs is 2. The lowest BCUT2D eigenvalue weighted by atomic mass is 10.1. The summed E-state index contributed by atoms with van der Waals surface area (Å²) in [5.41, 5.74) is 0.884. The molecule has 38 heavy (non-hydrogen) atoms. The van der Waals surface area contributed by atoms with Gasteiger partial charge in [-0.05, 0) is 24.6 Å². The van der Waals surface area contributed by atoms with Gasteiger partial charge in [-0.25, -0.2) is 19.2 Å². The Morgan fingerprint density at radius 2 is 2.08 bits per heavy atom. The molecule has 0 bridgehead atoms. The highest BCUT2D eigenvalue weighted by molar-refractivity contribution is 7.59. The first-order chi connectivity index (χ1) is 17.3. The van der Waals surface area contributed by atoms with E-state index in [4.69, 9.17) is 14.2 Å². The highest BCUT2D eigenvalue weighted by atomic mass is 32.1. The highest BCUT2D eigenvalue weighted by Crippen LogP contribution is 2.30. The van der Waals surface area contributed by atoms with Gasteiger partial charge in [0.25, 0.3) is 17.3 Å². The molecule has 2 amide bonds. The van der Waals surface area contributed by atoms with Crippen LogP contribution in [0.15, 0.2) is 29.2 Å². The van der Waals surface area contributed by atoms with Crippen molar-refractivity contribution >= 4 is 48.0 Å². The van der Waals surface area contributed by atoms with Crippen molar-refractivity contribution in [2.75, 3.05) is 43.1 Å². The molecule has 5 rings (SSSR count). The van der Waals surface area contributed by atoms with Crippen LogP contribution in [0.4, 0.5) is 20.8 Å². The molecule has 1 atom stereocenters. The predicted octanol–water partition coefficient (Wildman–Crippen LogP) is 1.85. The van der Waals surface area contributed by atoms with Crippen LogP contribution in [0.2, 0.25) is 0 Å². The summed E-state index contributed by atoms with van der Waals surface area (Å²) in [6.07, 6.45) is 0.304. The molecule has 3 aromatic rings. The van der Waals surface area contributed by atoms with Gasteiger partial charge in [0.15, 0.2) is 29.8 Å². The van der Waals surface area contributed by atoms with Crippen LogP contribution in [0.1, 0.15) is 13.0 Å². The van der Waals surface area contributed by atoms with E-state index in [-0.39, 0.29) is 75.4 Å². The number of hydrogen-bond acceptors (Lipinski definition) is 9. The van der Waals surface area contributed by atoms with Crippen LogP contribution >= 0.6 is 13.5 Å². The quantitative estimate of drug-likeness (QED) is 0.424. The maximum atomic E-state index is 14.5. The number of amides is 2. The second kappa shape index (κ2) is 11.6. The van der Waals surface area contributed by atoms with Crippen LogP contribution < -0.4 is 30.6 Å². The van der Waals surface area contributed by atoms with E-state index in [9.17, 15) is 18.8 Å². The monoisotopic (exact) mass is 548 g/mol. The van der Waals surface area contributed by atoms with E-state index in [0.717, 1.165) is 10.9 Å². The second-order valence-corrected chi connectivity index (χ2v) is 8.39. The van der Waals surface area contributed by atoms with Crippen LogP contribution in [-0.4, -0.2) is 65.5 Å². The van der Waals surface area contributed by atoms with Gasteiger partial charge in [0.1, 0.15) is 12.7 Å². The minimum atomic E-state index is -0.593. The SMILES string of the molecule is C.Cc1cc(=O)n(C)c2c(OCCNC[C@H]3CN(c4cnc5c(n4)NC(=O)CO5)C(=O)O3)c(F)ccc12.S. The molecule has 12 nitrogen and oxygen atoms in total. The lowest BCUT2D eigenvalue weighted by Crippen LogP contribution is -2.33. The van der Waals surface area contributed by atoms with Crippen molar-refractivity contribution in [2.45, 2.75) is 20.5 Å². The van der Waals surface area contributed by atoms with Crippen molar-refractivity contribution in [1.82, 2.24) is 19.9 Å². The molecular formula is C24H29FN6O6S. The number of nitrogens with zero attached hydrogens (tertiary/aromatic N) is 4. The zero-order valence-corrected chi connectivity index (χ0v) is 21.0. The zero-order valence-electron chi connectivity index (χ0n) is 20.0. The summed E-state index contributed by atoms with van der Waals surface area (Å²) in [6, 6.07) is 4.44. The molecule has 2 aliphatic rings. The lowest BCUT2D eigenvalue weighted by molar-refractivity contribution is -0.118. The van der Waals surface area contributed by atoms with Crippen molar-refractivity contribution in [3.8, 4) is 11.6 Å². The van der Waals surface area contributed by atoms with Crippen LogP contribution in [-0.2, 0) is 16.6 Å². The van der Waals surface area contributed by atoms with E-state index < -0.39 is 18.0 Å². The third-order valence-electron chi connectivity index (χ3n) is 5.89. The van der Waals surface area contributed by atoms with Gasteiger partial charge >= 0.3 is 6.09 Å². The number of nitrogens with one attached hydrogen (secondary N) is 2. The number of aryl methyl sites for hydroxylation is 2. The summed E-state index contributed by atoms with van der Waals surface area (Å²) in [5, 5.41) is 6.40. The molecule has 1 aromatic carbocycles. The fraction of sp³-hybridized carbons (Fsp3) is 0.375. The van der Waals surface area contributed by atoms with E-state index >= 15 is 0 Å². The summed E-state index contributed by atoms with van der Waals surface area (Å²) >= 11 is 0. The van der Waals surface area contributed by atoms with E-state index in [1.165, 1.54) is 27.8 Å². The fourth-order valence-corrected chi connectivity index (χ4v) is 4.10. The molecule has 0 aliphatic carbocycles. The standard InChI is InChI=1S/C23H23FN6O6.CH4.H2S/c1-12-7-18(32)29(2)19-14(12)3-4-15(24)20(19)34-6-5-25-8-13-10-30(23(33)36-13)16-9-26-22-21(27-16)28-17(31)11-35-22;;/h3-4,7,9,13,25H,5-6,8,10-11H2,1-2H3,(H,27,28,31);1H4;1H2/t13-;;/m0../s1. The molecule has 14 heteroatoms. The lowest BCUT2D eigenvalue weighted by Gasteiger charge is -2.18. The van der Waals surface area contributed by atoms with Crippen LogP contribution in [0.25, 0.3) is 10.9 Å². The van der Waals surface area contributed by atoms with Crippen molar-refractivity contribution in [3.05, 3.63) is 46.1 Å². The number of halogens is 1. The van der Waals surface area contributed by atoms with Gasteiger partial charge in [-0.15, -0.1) is 0 Å². The molecule has 2 aliphatic heterocycles. The maximum Gasteiger partial charge on any atom is 0.416 e. The largest absolute Gasteiger partial charge is 0.487 e. The first-order valence-corrected chi connectivity index (χ1v) is 11.2. The number of rotatable bonds is 7. The van der Waals surface area contributed by atoms with Gasteiger partial charge < -0.3 is 29.4 Å². The van der Waals surface area contributed by atoms with E-state index in [2.05, 4.69) is 20.6 Å². The Morgan fingerprint density at radius 3 is 2.87 bits per heavy atom. The predicted molar refractivity (Wildman–Crippen MR) is 143 cm³/mol. The average Bonchev–Trinajstić information content (AvgIpc) is 3.22. The third kappa shape index (κ3) is 5.50. The first-order valence-electron chi connectivity index (χ1n) is 11.2. The highest BCUT2D eigenvalue weighted by Gasteiger charge is 2.34. The van der Waals surface area contributed by atoms with Gasteiger partial charge in [-0.2, -0.15) is 13.5 Å². The van der Waals surface area contributed by atoms with Crippen LogP contribution in [0, 0.1) is 12.7 Å². The summed E-state index contributed by atoms with van der Waals surface area (Å²) < 4.78 is 32.1. The Bertz CT molecular complexity index is 1430. The fourth-order valence-electron chi connectivity index (χ4n) is 4.10. The smallest absolute Gasteiger partial charge is 0.416 e. The average molecular weight is 549 g/mol. The Hall–Kier alpha value is -3.91. The van der Waals surface area contributed by atoms with Gasteiger partial charge in [0.05, 0.1) is 18.3 Å². The molecule has 2 aromatic heterocycles. The number of anilines is 2. The number of aromatic nitrogens is 3. The summed E-state index contributed by atoms with van der Waals surface area (Å²) in [7, 11) is 1.57. The molecule has 1 saturated heterocycles. The Balaban J connectivity index is 0.00000200. The van der Waals surface area contributed by atoms with Gasteiger partial charge in [0, 0.05) is 31.6 Å². The maximum absolute atomic E-state index is 14.5. The number of ether oxygens (including phenoxy) is 3. The topological polar surface area (TPSA) is 137 Å². The summed E-state index contributed by atoms with van der Waals surface area (Å²) in [6.45, 7) is 2.64. The second-order valence-electron chi connectivity index (χ2n) is 8.39. The molecule has 0 unspecified atom stereocenters. The minimum Gasteiger partial charge on any atom is -0.487 e. The molecule has 4 heterocycles. The molecule has 0 spiro atoms. The van der Waals surface area contributed by atoms with Gasteiger partial charge in [-0.3, -0.25) is 14.5 Å². The first kappa shape index (κ1) is 28.7. The number of carbonyl (C=O) groups excluding carboxylic acids is 2. The van der Waals surface area contributed by atoms with Crippen molar-refractivity contribution in [3.63, 3.8) is 0 Å². The van der Waals surface area contributed by atoms with Crippen LogP contribution in [0.5, 0.6) is 11.6 Å². The Labute approximate surface area is 224 Å². The van der Waals surface area contributed by atoms with E-state index in [1.54, 1.807) is 20.0 Å². The number of carbonyl (C=O) groups is 2. The third-order valence-corrected chi connectivity index (χ3v) is 5.89. The van der Waals surface area contributed by atoms with E-state index in [1.807, 2.05) is 0 Å². The normalized spacial score (nSPS) is 16.1. The van der Waals surface area contributed by atoms with Crippen molar-refractivity contribution in [1.29, 1.82) is 0 Å². The van der Waals surface area contributed by atoms with Gasteiger partial charge in [-0.1, -0.05) is 7.43 Å². The molecule has 0 saturated carbocycles. The summed E-state index contributed by atoms with van der Waals surface area (Å²) in [4.78, 5) is 45.6. The van der Waals surface area contributed by atoms with Crippen molar-refractivity contribution in [2.24, 2.45) is 7.05 Å². The Kier molecular flexibility index (Phi) is 8.78. The van der Waals surface area contributed by atoms with Crippen LogP contribution in [0.3, 0.4) is 0 Å². The van der Waals surface area contributed by atoms with Crippen molar-refractivity contribution < 1.29 is 28.2 Å².